The zero-order chi connectivity index (χ0) is 27.0. The van der Waals surface area contributed by atoms with Gasteiger partial charge in [0.15, 0.2) is 16.9 Å². The fourth-order valence-corrected chi connectivity index (χ4v) is 5.68. The molecule has 0 N–H and O–H groups in total. The first kappa shape index (κ1) is 25.7. The van der Waals surface area contributed by atoms with E-state index in [1.165, 1.54) is 16.2 Å². The van der Waals surface area contributed by atoms with E-state index >= 15 is 0 Å². The van der Waals surface area contributed by atoms with Crippen LogP contribution in [0.2, 0.25) is 0 Å². The number of fused-ring (bicyclic) bond motifs is 2. The van der Waals surface area contributed by atoms with Crippen LogP contribution in [0, 0.1) is 12.8 Å². The lowest BCUT2D eigenvalue weighted by Gasteiger charge is -2.23. The maximum absolute atomic E-state index is 13.9. The normalized spacial score (nSPS) is 14.8. The third-order valence-corrected chi connectivity index (χ3v) is 7.16. The zero-order valence-corrected chi connectivity index (χ0v) is 22.6. The number of hydrogen-bond acceptors (Lipinski definition) is 8. The van der Waals surface area contributed by atoms with E-state index in [9.17, 15) is 9.59 Å². The summed E-state index contributed by atoms with van der Waals surface area (Å²) in [6.45, 7) is 12.4. The molecule has 1 aliphatic rings. The lowest BCUT2D eigenvalue weighted by molar-refractivity contribution is 0.0970. The predicted octanol–water partition coefficient (Wildman–Crippen LogP) is 5.86. The van der Waals surface area contributed by atoms with Gasteiger partial charge < -0.3 is 13.9 Å². The van der Waals surface area contributed by atoms with Gasteiger partial charge >= 0.3 is 0 Å². The van der Waals surface area contributed by atoms with Gasteiger partial charge in [-0.2, -0.15) is 0 Å². The Morgan fingerprint density at radius 1 is 1.13 bits per heavy atom. The van der Waals surface area contributed by atoms with Gasteiger partial charge in [-0.15, -0.1) is 10.2 Å². The van der Waals surface area contributed by atoms with Crippen molar-refractivity contribution in [3.05, 3.63) is 86.7 Å². The maximum atomic E-state index is 13.9. The summed E-state index contributed by atoms with van der Waals surface area (Å²) in [6, 6.07) is 10.0. The number of anilines is 1. The van der Waals surface area contributed by atoms with Crippen molar-refractivity contribution in [1.82, 2.24) is 10.2 Å². The summed E-state index contributed by atoms with van der Waals surface area (Å²) in [7, 11) is 0. The van der Waals surface area contributed by atoms with Crippen molar-refractivity contribution in [3.8, 4) is 11.5 Å². The minimum Gasteiger partial charge on any atom is -0.490 e. The van der Waals surface area contributed by atoms with Gasteiger partial charge in [0, 0.05) is 6.42 Å². The Morgan fingerprint density at radius 3 is 2.68 bits per heavy atom. The van der Waals surface area contributed by atoms with Crippen molar-refractivity contribution < 1.29 is 18.7 Å². The first-order valence-corrected chi connectivity index (χ1v) is 13.4. The molecule has 0 radical (unpaired) electrons. The summed E-state index contributed by atoms with van der Waals surface area (Å²) in [5, 5.41) is 10.3. The molecule has 1 atom stereocenters. The van der Waals surface area contributed by atoms with Crippen LogP contribution in [0.1, 0.15) is 59.1 Å². The van der Waals surface area contributed by atoms with E-state index in [0.29, 0.717) is 52.3 Å². The molecule has 38 heavy (non-hydrogen) atoms. The Hall–Kier alpha value is -3.98. The Bertz CT molecular complexity index is 1590. The molecule has 4 aromatic rings. The Kier molecular flexibility index (Phi) is 7.03. The second-order valence-corrected chi connectivity index (χ2v) is 10.6. The fourth-order valence-electron chi connectivity index (χ4n) is 4.60. The summed E-state index contributed by atoms with van der Waals surface area (Å²) < 4.78 is 17.7. The molecule has 0 saturated carbocycles. The Morgan fingerprint density at radius 2 is 1.95 bits per heavy atom. The third-order valence-electron chi connectivity index (χ3n) is 6.21. The van der Waals surface area contributed by atoms with E-state index in [0.717, 1.165) is 17.0 Å². The van der Waals surface area contributed by atoms with Gasteiger partial charge in [0.05, 0.1) is 23.6 Å². The SMILES string of the molecule is C=CCOc1ccc(C2c3c(oc4ccc(C)cc4c3=O)C(=O)N2c2nnc(CC(C)C)s2)cc1OCC. The number of benzene rings is 2. The maximum Gasteiger partial charge on any atom is 0.297 e. The number of rotatable bonds is 9. The van der Waals surface area contributed by atoms with Crippen LogP contribution in [0.5, 0.6) is 11.5 Å². The van der Waals surface area contributed by atoms with Gasteiger partial charge in [-0.1, -0.05) is 55.5 Å². The molecule has 8 nitrogen and oxygen atoms in total. The summed E-state index contributed by atoms with van der Waals surface area (Å²) in [6.07, 6.45) is 2.39. The first-order valence-electron chi connectivity index (χ1n) is 12.6. The van der Waals surface area contributed by atoms with Gasteiger partial charge in [-0.3, -0.25) is 14.5 Å². The van der Waals surface area contributed by atoms with Crippen molar-refractivity contribution in [1.29, 1.82) is 0 Å². The van der Waals surface area contributed by atoms with Gasteiger partial charge in [0.25, 0.3) is 5.91 Å². The monoisotopic (exact) mass is 531 g/mol. The van der Waals surface area contributed by atoms with Crippen LogP contribution in [0.25, 0.3) is 11.0 Å². The minimum absolute atomic E-state index is 0.0157. The smallest absolute Gasteiger partial charge is 0.297 e. The van der Waals surface area contributed by atoms with Gasteiger partial charge in [-0.05, 0) is 49.6 Å². The van der Waals surface area contributed by atoms with Crippen molar-refractivity contribution in [2.45, 2.75) is 40.2 Å². The van der Waals surface area contributed by atoms with E-state index in [1.807, 2.05) is 26.0 Å². The lowest BCUT2D eigenvalue weighted by Crippen LogP contribution is -2.29. The second kappa shape index (κ2) is 10.4. The van der Waals surface area contributed by atoms with Crippen molar-refractivity contribution in [2.75, 3.05) is 18.1 Å². The molecule has 9 heteroatoms. The molecule has 196 valence electrons. The highest BCUT2D eigenvalue weighted by Crippen LogP contribution is 2.44. The molecule has 1 amide bonds. The highest BCUT2D eigenvalue weighted by atomic mass is 32.1. The fraction of sp³-hybridized carbons (Fsp3) is 0.310. The molecule has 3 heterocycles. The van der Waals surface area contributed by atoms with Gasteiger partial charge in [0.1, 0.15) is 17.2 Å². The number of ether oxygens (including phenoxy) is 2. The van der Waals surface area contributed by atoms with E-state index in [4.69, 9.17) is 13.9 Å². The summed E-state index contributed by atoms with van der Waals surface area (Å²) in [5.41, 5.74) is 1.99. The summed E-state index contributed by atoms with van der Waals surface area (Å²) >= 11 is 1.34. The quantitative estimate of drug-likeness (QED) is 0.250. The van der Waals surface area contributed by atoms with Gasteiger partial charge in [-0.25, -0.2) is 0 Å². The van der Waals surface area contributed by atoms with E-state index in [2.05, 4.69) is 30.6 Å². The molecule has 5 rings (SSSR count). The minimum atomic E-state index is -0.772. The highest BCUT2D eigenvalue weighted by Gasteiger charge is 2.45. The molecule has 0 spiro atoms. The summed E-state index contributed by atoms with van der Waals surface area (Å²) in [5.74, 6) is 1.02. The first-order chi connectivity index (χ1) is 18.3. The molecule has 0 saturated heterocycles. The van der Waals surface area contributed by atoms with Crippen LogP contribution in [0.3, 0.4) is 0 Å². The molecule has 0 fully saturated rings. The summed E-state index contributed by atoms with van der Waals surface area (Å²) in [4.78, 5) is 29.3. The van der Waals surface area contributed by atoms with Crippen LogP contribution >= 0.6 is 11.3 Å². The van der Waals surface area contributed by atoms with Crippen LogP contribution in [-0.2, 0) is 6.42 Å². The number of carbonyl (C=O) groups is 1. The van der Waals surface area contributed by atoms with E-state index in [-0.39, 0.29) is 16.8 Å². The van der Waals surface area contributed by atoms with Crippen LogP contribution < -0.4 is 19.8 Å². The number of nitrogens with zero attached hydrogens (tertiary/aromatic N) is 3. The molecular weight excluding hydrogens is 502 g/mol. The van der Waals surface area contributed by atoms with Crippen LogP contribution in [0.4, 0.5) is 5.13 Å². The third kappa shape index (κ3) is 4.58. The Labute approximate surface area is 224 Å². The number of amides is 1. The molecule has 0 bridgehead atoms. The Balaban J connectivity index is 1.72. The number of aryl methyl sites for hydroxylation is 1. The topological polar surface area (TPSA) is 94.8 Å². The van der Waals surface area contributed by atoms with Crippen molar-refractivity contribution >= 4 is 33.3 Å². The molecule has 2 aromatic carbocycles. The van der Waals surface area contributed by atoms with Gasteiger partial charge in [0.2, 0.25) is 10.9 Å². The molecule has 0 aliphatic carbocycles. The standard InChI is InChI=1S/C29H29N3O5S/c1-6-12-36-21-11-9-18(15-22(21)35-7-2)25-24-26(33)19-14-17(5)8-10-20(19)37-27(24)28(34)32(25)29-31-30-23(38-29)13-16(3)4/h6,8-11,14-16,25H,1,7,12-13H2,2-5H3. The largest absolute Gasteiger partial charge is 0.490 e. The lowest BCUT2D eigenvalue weighted by atomic mass is 9.98. The van der Waals surface area contributed by atoms with Crippen molar-refractivity contribution in [2.24, 2.45) is 5.92 Å². The highest BCUT2D eigenvalue weighted by molar-refractivity contribution is 7.15. The predicted molar refractivity (Wildman–Crippen MR) is 148 cm³/mol. The average molecular weight is 532 g/mol. The van der Waals surface area contributed by atoms with E-state index in [1.54, 1.807) is 30.3 Å². The van der Waals surface area contributed by atoms with E-state index < -0.39 is 11.9 Å². The average Bonchev–Trinajstić information content (AvgIpc) is 3.45. The zero-order valence-electron chi connectivity index (χ0n) is 21.8. The molecule has 1 aliphatic heterocycles. The second-order valence-electron chi connectivity index (χ2n) is 9.57. The van der Waals surface area contributed by atoms with Crippen LogP contribution in [-0.4, -0.2) is 29.3 Å². The number of aromatic nitrogens is 2. The number of hydrogen-bond donors (Lipinski definition) is 0. The number of carbonyl (C=O) groups excluding carboxylic acids is 1. The van der Waals surface area contributed by atoms with Crippen LogP contribution in [0.15, 0.2) is 58.3 Å². The molecule has 1 unspecified atom stereocenters. The molecule has 2 aromatic heterocycles. The van der Waals surface area contributed by atoms with Crippen molar-refractivity contribution in [3.63, 3.8) is 0 Å². The molecular formula is C29H29N3O5S.